The van der Waals surface area contributed by atoms with E-state index in [2.05, 4.69) is 18.7 Å². The molecule has 2 rings (SSSR count). The first-order valence-electron chi connectivity index (χ1n) is 6.13. The van der Waals surface area contributed by atoms with Crippen LogP contribution in [0.2, 0.25) is 0 Å². The summed E-state index contributed by atoms with van der Waals surface area (Å²) < 4.78 is 0. The Labute approximate surface area is 87.8 Å². The van der Waals surface area contributed by atoms with E-state index in [9.17, 15) is 0 Å². The molecule has 0 aromatic carbocycles. The van der Waals surface area contributed by atoms with E-state index in [4.69, 9.17) is 5.73 Å². The maximum absolute atomic E-state index is 6.03. The van der Waals surface area contributed by atoms with Gasteiger partial charge in [-0.2, -0.15) is 0 Å². The number of nitrogens with two attached hydrogens (primary N) is 1. The predicted molar refractivity (Wildman–Crippen MR) is 60.2 cm³/mol. The predicted octanol–water partition coefficient (Wildman–Crippen LogP) is 1.99. The fourth-order valence-corrected chi connectivity index (χ4v) is 3.06. The monoisotopic (exact) mass is 196 g/mol. The molecule has 0 unspecified atom stereocenters. The van der Waals surface area contributed by atoms with Crippen molar-refractivity contribution < 1.29 is 0 Å². The minimum absolute atomic E-state index is 0.113. The Hall–Kier alpha value is -0.0800. The van der Waals surface area contributed by atoms with Crippen molar-refractivity contribution in [1.29, 1.82) is 0 Å². The molecule has 1 saturated carbocycles. The van der Waals surface area contributed by atoms with Crippen LogP contribution in [0.3, 0.4) is 0 Å². The van der Waals surface area contributed by atoms with Gasteiger partial charge in [0.25, 0.3) is 0 Å². The van der Waals surface area contributed by atoms with Crippen molar-refractivity contribution in [2.24, 2.45) is 11.7 Å². The maximum atomic E-state index is 6.03. The quantitative estimate of drug-likeness (QED) is 0.732. The molecule has 0 bridgehead atoms. The highest BCUT2D eigenvalue weighted by Gasteiger charge is 2.39. The molecule has 0 amide bonds. The van der Waals surface area contributed by atoms with Crippen LogP contribution in [0.4, 0.5) is 0 Å². The molecule has 0 atom stereocenters. The number of hydrogen-bond acceptors (Lipinski definition) is 2. The van der Waals surface area contributed by atoms with Crippen molar-refractivity contribution in [2.75, 3.05) is 13.1 Å². The van der Waals surface area contributed by atoms with Gasteiger partial charge in [-0.25, -0.2) is 0 Å². The number of hydrogen-bond donors (Lipinski definition) is 1. The lowest BCUT2D eigenvalue weighted by atomic mass is 9.81. The van der Waals surface area contributed by atoms with E-state index in [-0.39, 0.29) is 5.54 Å². The molecular weight excluding hydrogens is 172 g/mol. The largest absolute Gasteiger partial charge is 0.323 e. The molecule has 0 radical (unpaired) electrons. The van der Waals surface area contributed by atoms with Crippen molar-refractivity contribution >= 4 is 0 Å². The Balaban J connectivity index is 1.74. The average Bonchev–Trinajstić information content (AvgIpc) is 2.14. The Morgan fingerprint density at radius 2 is 1.79 bits per heavy atom. The van der Waals surface area contributed by atoms with Crippen LogP contribution in [0, 0.1) is 5.92 Å². The Morgan fingerprint density at radius 1 is 1.21 bits per heavy atom. The van der Waals surface area contributed by atoms with Gasteiger partial charge >= 0.3 is 0 Å². The second-order valence-electron chi connectivity index (χ2n) is 5.64. The summed E-state index contributed by atoms with van der Waals surface area (Å²) in [6.07, 6.45) is 7.09. The van der Waals surface area contributed by atoms with Crippen molar-refractivity contribution in [3.63, 3.8) is 0 Å². The summed E-state index contributed by atoms with van der Waals surface area (Å²) in [5.41, 5.74) is 6.14. The van der Waals surface area contributed by atoms with Gasteiger partial charge in [-0.1, -0.05) is 13.3 Å². The number of rotatable bonds is 2. The van der Waals surface area contributed by atoms with Gasteiger partial charge in [0, 0.05) is 24.7 Å². The van der Waals surface area contributed by atoms with E-state index in [0.717, 1.165) is 25.0 Å². The lowest BCUT2D eigenvalue weighted by molar-refractivity contribution is 0.0171. The number of nitrogens with zero attached hydrogens (tertiary/aromatic N) is 1. The van der Waals surface area contributed by atoms with Crippen LogP contribution >= 0.6 is 0 Å². The van der Waals surface area contributed by atoms with Crippen LogP contribution in [-0.4, -0.2) is 29.6 Å². The van der Waals surface area contributed by atoms with E-state index >= 15 is 0 Å². The third kappa shape index (κ3) is 2.12. The lowest BCUT2D eigenvalue weighted by Crippen LogP contribution is -2.68. The molecule has 2 N–H and O–H groups in total. The molecule has 1 saturated heterocycles. The van der Waals surface area contributed by atoms with Gasteiger partial charge in [-0.15, -0.1) is 0 Å². The van der Waals surface area contributed by atoms with E-state index in [1.807, 2.05) is 0 Å². The summed E-state index contributed by atoms with van der Waals surface area (Å²) >= 11 is 0. The summed E-state index contributed by atoms with van der Waals surface area (Å²) in [6, 6.07) is 0.856. The fourth-order valence-electron chi connectivity index (χ4n) is 3.06. The second kappa shape index (κ2) is 3.82. The fraction of sp³-hybridized carbons (Fsp3) is 1.00. The smallest absolute Gasteiger partial charge is 0.0384 e. The molecule has 2 nitrogen and oxygen atoms in total. The zero-order chi connectivity index (χ0) is 10.2. The van der Waals surface area contributed by atoms with Crippen molar-refractivity contribution in [3.8, 4) is 0 Å². The highest BCUT2D eigenvalue weighted by molar-refractivity contribution is 4.99. The minimum atomic E-state index is 0.113. The van der Waals surface area contributed by atoms with E-state index in [1.54, 1.807) is 0 Å². The zero-order valence-electron chi connectivity index (χ0n) is 9.63. The summed E-state index contributed by atoms with van der Waals surface area (Å²) in [5.74, 6) is 1.01. The van der Waals surface area contributed by atoms with Gasteiger partial charge in [0.2, 0.25) is 0 Å². The molecule has 2 heteroatoms. The molecule has 1 aliphatic carbocycles. The van der Waals surface area contributed by atoms with Crippen molar-refractivity contribution in [1.82, 2.24) is 4.90 Å². The van der Waals surface area contributed by atoms with Crippen molar-refractivity contribution in [3.05, 3.63) is 0 Å². The lowest BCUT2D eigenvalue weighted by Gasteiger charge is -2.51. The van der Waals surface area contributed by atoms with Crippen LogP contribution in [0.5, 0.6) is 0 Å². The molecule has 1 aliphatic heterocycles. The van der Waals surface area contributed by atoms with Gasteiger partial charge in [-0.3, -0.25) is 4.90 Å². The molecule has 0 aromatic rings. The summed E-state index contributed by atoms with van der Waals surface area (Å²) in [5, 5.41) is 0. The van der Waals surface area contributed by atoms with Crippen LogP contribution < -0.4 is 5.73 Å². The normalized spacial score (nSPS) is 37.9. The van der Waals surface area contributed by atoms with Crippen LogP contribution in [-0.2, 0) is 0 Å². The maximum Gasteiger partial charge on any atom is 0.0384 e. The summed E-state index contributed by atoms with van der Waals surface area (Å²) in [7, 11) is 0. The third-order valence-corrected chi connectivity index (χ3v) is 4.04. The summed E-state index contributed by atoms with van der Waals surface area (Å²) in [6.45, 7) is 6.73. The molecular formula is C12H24N2. The van der Waals surface area contributed by atoms with E-state index in [0.29, 0.717) is 0 Å². The second-order valence-corrected chi connectivity index (χ2v) is 5.64. The van der Waals surface area contributed by atoms with Crippen molar-refractivity contribution in [2.45, 2.75) is 57.5 Å². The van der Waals surface area contributed by atoms with Gasteiger partial charge in [0.15, 0.2) is 0 Å². The molecule has 2 aliphatic rings. The van der Waals surface area contributed by atoms with Gasteiger partial charge in [-0.05, 0) is 38.5 Å². The highest BCUT2D eigenvalue weighted by atomic mass is 15.3. The summed E-state index contributed by atoms with van der Waals surface area (Å²) in [4.78, 5) is 2.59. The minimum Gasteiger partial charge on any atom is -0.323 e. The van der Waals surface area contributed by atoms with Gasteiger partial charge < -0.3 is 5.73 Å². The first-order valence-corrected chi connectivity index (χ1v) is 6.13. The Morgan fingerprint density at radius 3 is 2.21 bits per heavy atom. The third-order valence-electron chi connectivity index (χ3n) is 4.04. The molecule has 2 fully saturated rings. The van der Waals surface area contributed by atoms with Gasteiger partial charge in [0.1, 0.15) is 0 Å². The standard InChI is InChI=1S/C12H24N2/c1-3-10-4-6-11(7-5-10)14-8-12(2,13)9-14/h10-11H,3-9,13H2,1-2H3. The van der Waals surface area contributed by atoms with Crippen LogP contribution in [0.1, 0.15) is 46.0 Å². The molecule has 14 heavy (non-hydrogen) atoms. The SMILES string of the molecule is CCC1CCC(N2CC(C)(N)C2)CC1. The molecule has 1 heterocycles. The Kier molecular flexibility index (Phi) is 2.85. The van der Waals surface area contributed by atoms with E-state index < -0.39 is 0 Å². The van der Waals surface area contributed by atoms with Crippen LogP contribution in [0.25, 0.3) is 0 Å². The van der Waals surface area contributed by atoms with Gasteiger partial charge in [0.05, 0.1) is 0 Å². The topological polar surface area (TPSA) is 29.3 Å². The molecule has 0 aromatic heterocycles. The van der Waals surface area contributed by atoms with E-state index in [1.165, 1.54) is 32.1 Å². The average molecular weight is 196 g/mol. The first kappa shape index (κ1) is 10.4. The molecule has 82 valence electrons. The first-order chi connectivity index (χ1) is 6.61. The number of likely N-dealkylation sites (tertiary alicyclic amines) is 1. The molecule has 0 spiro atoms. The zero-order valence-corrected chi connectivity index (χ0v) is 9.63. The highest BCUT2D eigenvalue weighted by Crippen LogP contribution is 2.33. The Bertz CT molecular complexity index is 184. The van der Waals surface area contributed by atoms with Crippen LogP contribution in [0.15, 0.2) is 0 Å².